The summed E-state index contributed by atoms with van der Waals surface area (Å²) in [5.41, 5.74) is 0.214. The van der Waals surface area contributed by atoms with Crippen LogP contribution in [-0.2, 0) is 13.7 Å². The molecule has 0 atom stereocenters. The van der Waals surface area contributed by atoms with Crippen LogP contribution in [0, 0.1) is 6.92 Å². The van der Waals surface area contributed by atoms with Gasteiger partial charge in [-0.05, 0) is 6.92 Å². The zero-order chi connectivity index (χ0) is 9.30. The predicted molar refractivity (Wildman–Crippen MR) is 44.0 cm³/mol. The van der Waals surface area contributed by atoms with E-state index in [9.17, 15) is 9.90 Å². The molecular formula is C8H11NO3. The molecule has 66 valence electrons. The van der Waals surface area contributed by atoms with Crippen LogP contribution in [0.15, 0.2) is 11.0 Å². The summed E-state index contributed by atoms with van der Waals surface area (Å²) in [5.74, 6) is -0.288. The lowest BCUT2D eigenvalue weighted by molar-refractivity contribution is 0.278. The molecule has 0 spiro atoms. The first-order valence-corrected chi connectivity index (χ1v) is 3.57. The summed E-state index contributed by atoms with van der Waals surface area (Å²) in [6.45, 7) is 1.29. The minimum absolute atomic E-state index is 0.209. The normalized spacial score (nSPS) is 10.2. The topological polar surface area (TPSA) is 62.5 Å². The molecule has 0 fully saturated rings. The van der Waals surface area contributed by atoms with E-state index in [-0.39, 0.29) is 17.9 Å². The minimum atomic E-state index is -0.492. The quantitative estimate of drug-likeness (QED) is 0.616. The monoisotopic (exact) mass is 169 g/mol. The number of pyridine rings is 1. The van der Waals surface area contributed by atoms with Crippen LogP contribution in [0.25, 0.3) is 0 Å². The van der Waals surface area contributed by atoms with Gasteiger partial charge in [-0.15, -0.1) is 0 Å². The van der Waals surface area contributed by atoms with Crippen LogP contribution in [0.1, 0.15) is 11.3 Å². The first-order valence-electron chi connectivity index (χ1n) is 3.57. The Morgan fingerprint density at radius 2 is 2.17 bits per heavy atom. The van der Waals surface area contributed by atoms with Crippen LogP contribution in [0.5, 0.6) is 5.75 Å². The summed E-state index contributed by atoms with van der Waals surface area (Å²) in [6.07, 6.45) is 1.51. The molecule has 4 nitrogen and oxygen atoms in total. The van der Waals surface area contributed by atoms with Gasteiger partial charge in [0.2, 0.25) is 5.43 Å². The molecule has 1 aromatic heterocycles. The second-order valence-corrected chi connectivity index (χ2v) is 2.69. The van der Waals surface area contributed by atoms with Crippen LogP contribution < -0.4 is 5.43 Å². The highest BCUT2D eigenvalue weighted by molar-refractivity contribution is 5.30. The van der Waals surface area contributed by atoms with E-state index < -0.39 is 5.43 Å². The van der Waals surface area contributed by atoms with Gasteiger partial charge in [0.15, 0.2) is 5.75 Å². The molecule has 12 heavy (non-hydrogen) atoms. The number of hydrogen-bond donors (Lipinski definition) is 2. The van der Waals surface area contributed by atoms with Crippen LogP contribution in [0.3, 0.4) is 0 Å². The number of aryl methyl sites for hydroxylation is 1. The van der Waals surface area contributed by atoms with Gasteiger partial charge in [0, 0.05) is 18.8 Å². The maximum Gasteiger partial charge on any atom is 0.228 e. The number of aliphatic hydroxyl groups excluding tert-OH is 1. The summed E-state index contributed by atoms with van der Waals surface area (Å²) in [5, 5.41) is 18.0. The fraction of sp³-hybridized carbons (Fsp3) is 0.375. The fourth-order valence-electron chi connectivity index (χ4n) is 0.985. The Balaban J connectivity index is 3.50. The van der Waals surface area contributed by atoms with Gasteiger partial charge in [-0.3, -0.25) is 4.79 Å². The molecule has 0 aliphatic rings. The Hall–Kier alpha value is -1.29. The van der Waals surface area contributed by atoms with Gasteiger partial charge in [0.05, 0.1) is 12.3 Å². The van der Waals surface area contributed by atoms with E-state index in [1.807, 2.05) is 0 Å². The average Bonchev–Trinajstić information content (AvgIpc) is 2.08. The van der Waals surface area contributed by atoms with E-state index in [2.05, 4.69) is 0 Å². The number of nitrogens with zero attached hydrogens (tertiary/aromatic N) is 1. The summed E-state index contributed by atoms with van der Waals surface area (Å²) >= 11 is 0. The smallest absolute Gasteiger partial charge is 0.228 e. The van der Waals surface area contributed by atoms with Gasteiger partial charge in [0.25, 0.3) is 0 Å². The molecule has 0 aromatic carbocycles. The zero-order valence-electron chi connectivity index (χ0n) is 7.03. The summed E-state index contributed by atoms with van der Waals surface area (Å²) < 4.78 is 1.60. The first kappa shape index (κ1) is 8.80. The molecule has 1 rings (SSSR count). The van der Waals surface area contributed by atoms with Crippen molar-refractivity contribution < 1.29 is 10.2 Å². The SMILES string of the molecule is Cc1c(O)c(=O)c(CO)cn1C. The molecule has 0 saturated carbocycles. The van der Waals surface area contributed by atoms with Gasteiger partial charge in [0.1, 0.15) is 0 Å². The van der Waals surface area contributed by atoms with Gasteiger partial charge in [-0.2, -0.15) is 0 Å². The number of aromatic hydroxyl groups is 1. The Morgan fingerprint density at radius 3 is 2.67 bits per heavy atom. The number of aliphatic hydroxyl groups is 1. The highest BCUT2D eigenvalue weighted by atomic mass is 16.3. The van der Waals surface area contributed by atoms with Crippen LogP contribution >= 0.6 is 0 Å². The molecule has 1 aromatic rings. The van der Waals surface area contributed by atoms with Crippen molar-refractivity contribution in [1.29, 1.82) is 0 Å². The van der Waals surface area contributed by atoms with Crippen molar-refractivity contribution in [2.45, 2.75) is 13.5 Å². The predicted octanol–water partition coefficient (Wildman–Crippen LogP) is -0.108. The third-order valence-corrected chi connectivity index (χ3v) is 1.90. The summed E-state index contributed by atoms with van der Waals surface area (Å²) in [4.78, 5) is 11.1. The lowest BCUT2D eigenvalue weighted by Crippen LogP contribution is -2.14. The lowest BCUT2D eigenvalue weighted by atomic mass is 10.2. The first-order chi connectivity index (χ1) is 5.57. The molecule has 0 aliphatic carbocycles. The van der Waals surface area contributed by atoms with Crippen molar-refractivity contribution in [2.75, 3.05) is 0 Å². The van der Waals surface area contributed by atoms with Gasteiger partial charge in [-0.25, -0.2) is 0 Å². The van der Waals surface area contributed by atoms with E-state index in [1.54, 1.807) is 18.5 Å². The third kappa shape index (κ3) is 1.21. The summed E-state index contributed by atoms with van der Waals surface area (Å²) in [6, 6.07) is 0. The van der Waals surface area contributed by atoms with E-state index in [0.717, 1.165) is 0 Å². The molecule has 0 saturated heterocycles. The van der Waals surface area contributed by atoms with Crippen molar-refractivity contribution in [1.82, 2.24) is 4.57 Å². The van der Waals surface area contributed by atoms with Gasteiger partial charge < -0.3 is 14.8 Å². The molecule has 1 heterocycles. The van der Waals surface area contributed by atoms with Crippen molar-refractivity contribution in [2.24, 2.45) is 7.05 Å². The second-order valence-electron chi connectivity index (χ2n) is 2.69. The van der Waals surface area contributed by atoms with E-state index in [1.165, 1.54) is 6.20 Å². The molecule has 0 aliphatic heterocycles. The van der Waals surface area contributed by atoms with Crippen LogP contribution in [0.4, 0.5) is 0 Å². The Bertz CT molecular complexity index is 354. The van der Waals surface area contributed by atoms with Crippen LogP contribution in [0.2, 0.25) is 0 Å². The summed E-state index contributed by atoms with van der Waals surface area (Å²) in [7, 11) is 1.70. The Morgan fingerprint density at radius 1 is 1.58 bits per heavy atom. The minimum Gasteiger partial charge on any atom is -0.503 e. The van der Waals surface area contributed by atoms with Crippen molar-refractivity contribution in [3.63, 3.8) is 0 Å². The maximum atomic E-state index is 11.1. The van der Waals surface area contributed by atoms with E-state index in [0.29, 0.717) is 5.69 Å². The molecule has 0 amide bonds. The van der Waals surface area contributed by atoms with E-state index in [4.69, 9.17) is 5.11 Å². The molecule has 0 unspecified atom stereocenters. The lowest BCUT2D eigenvalue weighted by Gasteiger charge is -2.07. The standard InChI is InChI=1S/C8H11NO3/c1-5-7(11)8(12)6(4-10)3-9(5)2/h3,10-11H,4H2,1-2H3. The highest BCUT2D eigenvalue weighted by Gasteiger charge is 2.08. The fourth-order valence-corrected chi connectivity index (χ4v) is 0.985. The van der Waals surface area contributed by atoms with E-state index >= 15 is 0 Å². The molecule has 0 bridgehead atoms. The molecule has 4 heteroatoms. The number of aromatic nitrogens is 1. The number of hydrogen-bond acceptors (Lipinski definition) is 3. The van der Waals surface area contributed by atoms with Crippen molar-refractivity contribution >= 4 is 0 Å². The average molecular weight is 169 g/mol. The van der Waals surface area contributed by atoms with Crippen molar-refractivity contribution in [3.8, 4) is 5.75 Å². The molecule has 2 N–H and O–H groups in total. The Labute approximate surface area is 69.7 Å². The second kappa shape index (κ2) is 2.98. The number of rotatable bonds is 1. The largest absolute Gasteiger partial charge is 0.503 e. The molecular weight excluding hydrogens is 158 g/mol. The molecule has 0 radical (unpaired) electrons. The van der Waals surface area contributed by atoms with Crippen molar-refractivity contribution in [3.05, 3.63) is 27.7 Å². The highest BCUT2D eigenvalue weighted by Crippen LogP contribution is 2.09. The zero-order valence-corrected chi connectivity index (χ0v) is 7.03. The van der Waals surface area contributed by atoms with Crippen LogP contribution in [-0.4, -0.2) is 14.8 Å². The van der Waals surface area contributed by atoms with Gasteiger partial charge >= 0.3 is 0 Å². The van der Waals surface area contributed by atoms with Gasteiger partial charge in [-0.1, -0.05) is 0 Å². The third-order valence-electron chi connectivity index (χ3n) is 1.90. The Kier molecular flexibility index (Phi) is 2.19. The maximum absolute atomic E-state index is 11.1.